The molecule has 1 N–H and O–H groups in total. The van der Waals surface area contributed by atoms with Crippen molar-refractivity contribution in [2.24, 2.45) is 0 Å². The van der Waals surface area contributed by atoms with Gasteiger partial charge in [-0.25, -0.2) is 4.39 Å². The Balaban J connectivity index is 1.99. The van der Waals surface area contributed by atoms with Gasteiger partial charge in [0.15, 0.2) is 0 Å². The van der Waals surface area contributed by atoms with E-state index in [9.17, 15) is 13.8 Å². The highest BCUT2D eigenvalue weighted by Gasteiger charge is 2.24. The zero-order valence-electron chi connectivity index (χ0n) is 16.5. The monoisotopic (exact) mass is 407 g/mol. The standard InChI is InChI=1S/C21H27FNO4P/c1-4-26-28(25,27-5-2)14-13-23-21(24)16(3)18-11-12-19(20(22)15-18)17-9-7-6-8-10-17/h6-12,15-16H,4-5,13-14H2,1-3H3,(H,23,24). The molecule has 7 heteroatoms. The molecule has 0 radical (unpaired) electrons. The normalized spacial score (nSPS) is 12.6. The number of carbonyl (C=O) groups excluding carboxylic acids is 1. The van der Waals surface area contributed by atoms with E-state index < -0.39 is 13.5 Å². The first-order chi connectivity index (χ1) is 13.4. The first-order valence-corrected chi connectivity index (χ1v) is 11.1. The van der Waals surface area contributed by atoms with Crippen LogP contribution in [0.3, 0.4) is 0 Å². The van der Waals surface area contributed by atoms with Gasteiger partial charge < -0.3 is 14.4 Å². The highest BCUT2D eigenvalue weighted by Crippen LogP contribution is 2.47. The maximum atomic E-state index is 14.5. The van der Waals surface area contributed by atoms with Crippen LogP contribution in [0.25, 0.3) is 11.1 Å². The average molecular weight is 407 g/mol. The molecule has 0 fully saturated rings. The molecule has 1 atom stereocenters. The summed E-state index contributed by atoms with van der Waals surface area (Å²) in [6, 6.07) is 14.1. The van der Waals surface area contributed by atoms with Crippen LogP contribution in [0.15, 0.2) is 48.5 Å². The number of amides is 1. The van der Waals surface area contributed by atoms with Gasteiger partial charge in [0.25, 0.3) is 0 Å². The molecule has 0 spiro atoms. The fourth-order valence-corrected chi connectivity index (χ4v) is 4.34. The van der Waals surface area contributed by atoms with Gasteiger partial charge in [0, 0.05) is 12.1 Å². The molecule has 0 aliphatic heterocycles. The molecule has 0 aromatic heterocycles. The molecule has 0 saturated heterocycles. The van der Waals surface area contributed by atoms with Crippen LogP contribution in [-0.2, 0) is 18.4 Å². The summed E-state index contributed by atoms with van der Waals surface area (Å²) in [6.07, 6.45) is 0.0917. The number of hydrogen-bond donors (Lipinski definition) is 1. The largest absolute Gasteiger partial charge is 0.355 e. The fourth-order valence-electron chi connectivity index (χ4n) is 2.83. The van der Waals surface area contributed by atoms with Crippen LogP contribution in [0, 0.1) is 5.82 Å². The molecule has 0 saturated carbocycles. The molecule has 28 heavy (non-hydrogen) atoms. The van der Waals surface area contributed by atoms with Crippen LogP contribution in [0.4, 0.5) is 4.39 Å². The van der Waals surface area contributed by atoms with E-state index in [1.807, 2.05) is 30.3 Å². The van der Waals surface area contributed by atoms with E-state index in [1.165, 1.54) is 6.07 Å². The molecule has 0 aliphatic rings. The SMILES string of the molecule is CCOP(=O)(CCNC(=O)C(C)c1ccc(-c2ccccc2)c(F)c1)OCC. The number of hydrogen-bond acceptors (Lipinski definition) is 4. The smallest absolute Gasteiger partial charge is 0.332 e. The van der Waals surface area contributed by atoms with E-state index in [0.717, 1.165) is 5.56 Å². The molecule has 0 aliphatic carbocycles. The summed E-state index contributed by atoms with van der Waals surface area (Å²) >= 11 is 0. The number of halogens is 1. The quantitative estimate of drug-likeness (QED) is 0.564. The van der Waals surface area contributed by atoms with Gasteiger partial charge in [-0.2, -0.15) is 0 Å². The summed E-state index contributed by atoms with van der Waals surface area (Å²) < 4.78 is 37.3. The van der Waals surface area contributed by atoms with E-state index in [-0.39, 0.29) is 37.6 Å². The van der Waals surface area contributed by atoms with Crippen molar-refractivity contribution in [3.8, 4) is 11.1 Å². The van der Waals surface area contributed by atoms with E-state index in [1.54, 1.807) is 32.9 Å². The van der Waals surface area contributed by atoms with Crippen LogP contribution in [0.2, 0.25) is 0 Å². The second-order valence-corrected chi connectivity index (χ2v) is 8.47. The molecule has 1 amide bonds. The van der Waals surface area contributed by atoms with Crippen molar-refractivity contribution in [1.82, 2.24) is 5.32 Å². The Hall–Kier alpha value is -2.01. The molecule has 0 heterocycles. The average Bonchev–Trinajstić information content (AvgIpc) is 2.68. The molecular weight excluding hydrogens is 380 g/mol. The maximum Gasteiger partial charge on any atom is 0.332 e. The summed E-state index contributed by atoms with van der Waals surface area (Å²) in [6.45, 7) is 5.88. The Kier molecular flexibility index (Phi) is 8.36. The lowest BCUT2D eigenvalue weighted by Gasteiger charge is -2.18. The number of nitrogens with one attached hydrogen (secondary N) is 1. The lowest BCUT2D eigenvalue weighted by atomic mass is 9.96. The molecule has 2 aromatic rings. The minimum atomic E-state index is -3.20. The Labute approximate surface area is 165 Å². The van der Waals surface area contributed by atoms with Gasteiger partial charge in [-0.3, -0.25) is 9.36 Å². The van der Waals surface area contributed by atoms with Gasteiger partial charge in [0.05, 0.1) is 25.3 Å². The molecular formula is C21H27FNO4P. The Bertz CT molecular complexity index is 818. The third-order valence-corrected chi connectivity index (χ3v) is 6.38. The van der Waals surface area contributed by atoms with Crippen molar-refractivity contribution < 1.29 is 22.8 Å². The van der Waals surface area contributed by atoms with E-state index in [0.29, 0.717) is 11.1 Å². The van der Waals surface area contributed by atoms with Crippen molar-refractivity contribution in [1.29, 1.82) is 0 Å². The highest BCUT2D eigenvalue weighted by molar-refractivity contribution is 7.53. The summed E-state index contributed by atoms with van der Waals surface area (Å²) in [7, 11) is -3.20. The number of rotatable bonds is 10. The predicted octanol–water partition coefficient (Wildman–Crippen LogP) is 4.98. The zero-order chi connectivity index (χ0) is 20.6. The fraction of sp³-hybridized carbons (Fsp3) is 0.381. The maximum absolute atomic E-state index is 14.5. The molecule has 0 bridgehead atoms. The molecule has 152 valence electrons. The van der Waals surface area contributed by atoms with Crippen LogP contribution < -0.4 is 5.32 Å². The van der Waals surface area contributed by atoms with Gasteiger partial charge >= 0.3 is 7.60 Å². The van der Waals surface area contributed by atoms with E-state index in [2.05, 4.69) is 5.32 Å². The van der Waals surface area contributed by atoms with Gasteiger partial charge in [0.1, 0.15) is 5.82 Å². The van der Waals surface area contributed by atoms with Gasteiger partial charge in [0.2, 0.25) is 5.91 Å². The topological polar surface area (TPSA) is 64.6 Å². The van der Waals surface area contributed by atoms with Gasteiger partial charge in [-0.1, -0.05) is 42.5 Å². The Morgan fingerprint density at radius 2 is 1.75 bits per heavy atom. The summed E-state index contributed by atoms with van der Waals surface area (Å²) in [5.74, 6) is -1.19. The van der Waals surface area contributed by atoms with Crippen molar-refractivity contribution in [3.05, 3.63) is 59.9 Å². The third kappa shape index (κ3) is 5.99. The summed E-state index contributed by atoms with van der Waals surface area (Å²) in [5, 5.41) is 2.73. The number of carbonyl (C=O) groups is 1. The van der Waals surface area contributed by atoms with Crippen molar-refractivity contribution >= 4 is 13.5 Å². The molecule has 1 unspecified atom stereocenters. The predicted molar refractivity (Wildman–Crippen MR) is 109 cm³/mol. The third-order valence-electron chi connectivity index (χ3n) is 4.31. The minimum Gasteiger partial charge on any atom is -0.355 e. The van der Waals surface area contributed by atoms with E-state index in [4.69, 9.17) is 9.05 Å². The zero-order valence-corrected chi connectivity index (χ0v) is 17.4. The minimum absolute atomic E-state index is 0.0917. The summed E-state index contributed by atoms with van der Waals surface area (Å²) in [5.41, 5.74) is 1.85. The highest BCUT2D eigenvalue weighted by atomic mass is 31.2. The van der Waals surface area contributed by atoms with Crippen LogP contribution in [0.5, 0.6) is 0 Å². The second kappa shape index (κ2) is 10.5. The lowest BCUT2D eigenvalue weighted by molar-refractivity contribution is -0.122. The first kappa shape index (κ1) is 22.3. The van der Waals surface area contributed by atoms with Gasteiger partial charge in [-0.05, 0) is 38.0 Å². The summed E-state index contributed by atoms with van der Waals surface area (Å²) in [4.78, 5) is 12.4. The molecule has 2 rings (SSSR count). The Morgan fingerprint density at radius 3 is 2.32 bits per heavy atom. The Morgan fingerprint density at radius 1 is 1.11 bits per heavy atom. The van der Waals surface area contributed by atoms with Crippen molar-refractivity contribution in [2.45, 2.75) is 26.7 Å². The second-order valence-electron chi connectivity index (χ2n) is 6.29. The van der Waals surface area contributed by atoms with Crippen LogP contribution in [-0.4, -0.2) is 31.8 Å². The lowest BCUT2D eigenvalue weighted by Crippen LogP contribution is -2.30. The van der Waals surface area contributed by atoms with Crippen molar-refractivity contribution in [3.63, 3.8) is 0 Å². The van der Waals surface area contributed by atoms with Gasteiger partial charge in [-0.15, -0.1) is 0 Å². The van der Waals surface area contributed by atoms with Crippen LogP contribution in [0.1, 0.15) is 32.3 Å². The number of benzene rings is 2. The molecule has 2 aromatic carbocycles. The molecule has 5 nitrogen and oxygen atoms in total. The van der Waals surface area contributed by atoms with Crippen LogP contribution >= 0.6 is 7.60 Å². The first-order valence-electron chi connectivity index (χ1n) is 9.41. The van der Waals surface area contributed by atoms with Crippen molar-refractivity contribution in [2.75, 3.05) is 25.9 Å². The van der Waals surface area contributed by atoms with E-state index >= 15 is 0 Å².